The summed E-state index contributed by atoms with van der Waals surface area (Å²) >= 11 is 0. The Balaban J connectivity index is 4.16. The van der Waals surface area contributed by atoms with Gasteiger partial charge in [0, 0.05) is 0 Å². The monoisotopic (exact) mass is 412 g/mol. The molecule has 0 unspecified atom stereocenters. The average Bonchev–Trinajstić information content (AvgIpc) is 2.43. The molecule has 25 heavy (non-hydrogen) atoms. The first-order valence-electron chi connectivity index (χ1n) is 5.27. The van der Waals surface area contributed by atoms with Crippen molar-refractivity contribution >= 4 is 0 Å². The fourth-order valence-corrected chi connectivity index (χ4v) is 1.54. The first kappa shape index (κ1) is 21.7. The van der Waals surface area contributed by atoms with E-state index in [0.717, 1.165) is 0 Å². The SMILES string of the molecule is F/C1=C(\F)C(F)(F)C(F)(F)C(F)(F)C(F)(F)C(F)(F)C(F)(F)C1(F)F. The number of hydrogen-bond acceptors (Lipinski definition) is 0. The van der Waals surface area contributed by atoms with Gasteiger partial charge in [0.1, 0.15) is 0 Å². The Morgan fingerprint density at radius 1 is 0.320 bits per heavy atom. The van der Waals surface area contributed by atoms with Gasteiger partial charge in [0.05, 0.1) is 0 Å². The van der Waals surface area contributed by atoms with Gasteiger partial charge in [-0.2, -0.15) is 61.5 Å². The van der Waals surface area contributed by atoms with Gasteiger partial charge in [-0.1, -0.05) is 0 Å². The lowest BCUT2D eigenvalue weighted by Gasteiger charge is -2.40. The molecule has 0 heterocycles. The summed E-state index contributed by atoms with van der Waals surface area (Å²) in [5.74, 6) is -66.1. The molecule has 0 atom stereocenters. The molecule has 0 aromatic heterocycles. The predicted molar refractivity (Wildman–Crippen MR) is 43.9 cm³/mol. The van der Waals surface area contributed by atoms with Gasteiger partial charge in [0.25, 0.3) is 0 Å². The molecule has 0 N–H and O–H groups in total. The number of hydrogen-bond donors (Lipinski definition) is 0. The summed E-state index contributed by atoms with van der Waals surface area (Å²) in [6, 6.07) is 0. The summed E-state index contributed by atoms with van der Waals surface area (Å²) in [6.45, 7) is 0. The van der Waals surface area contributed by atoms with Crippen molar-refractivity contribution < 1.29 is 70.2 Å². The van der Waals surface area contributed by atoms with E-state index in [2.05, 4.69) is 0 Å². The molecule has 1 aliphatic carbocycles. The number of rotatable bonds is 0. The van der Waals surface area contributed by atoms with E-state index >= 15 is 0 Å². The second-order valence-corrected chi connectivity index (χ2v) is 4.65. The van der Waals surface area contributed by atoms with Crippen LogP contribution in [0.5, 0.6) is 0 Å². The minimum absolute atomic E-state index is 5.05. The lowest BCUT2D eigenvalue weighted by atomic mass is 9.91. The fraction of sp³-hybridized carbons (Fsp3) is 0.778. The van der Waals surface area contributed by atoms with Crippen LogP contribution in [-0.2, 0) is 0 Å². The van der Waals surface area contributed by atoms with E-state index in [1.165, 1.54) is 0 Å². The molecule has 0 fully saturated rings. The maximum absolute atomic E-state index is 12.9. The first-order chi connectivity index (χ1) is 10.6. The molecule has 0 nitrogen and oxygen atoms in total. The van der Waals surface area contributed by atoms with Gasteiger partial charge in [-0.25, -0.2) is 8.78 Å². The second kappa shape index (κ2) is 4.86. The zero-order valence-electron chi connectivity index (χ0n) is 10.5. The minimum Gasteiger partial charge on any atom is -0.202 e. The van der Waals surface area contributed by atoms with Crippen molar-refractivity contribution in [2.75, 3.05) is 0 Å². The Hall–Kier alpha value is -1.38. The van der Waals surface area contributed by atoms with Crippen LogP contribution in [0.3, 0.4) is 0 Å². The maximum Gasteiger partial charge on any atom is 0.385 e. The standard InChI is InChI=1S/C9F16/c10-1-2(11)4(14,15)6(18,19)8(22,23)9(24,25)7(20,21)5(16,17)3(1,12)13/b2-1-. The van der Waals surface area contributed by atoms with Crippen molar-refractivity contribution in [3.05, 3.63) is 11.7 Å². The predicted octanol–water partition coefficient (Wildman–Crippen LogP) is 5.60. The van der Waals surface area contributed by atoms with E-state index in [9.17, 15) is 70.2 Å². The molecule has 16 heteroatoms. The van der Waals surface area contributed by atoms with Crippen LogP contribution >= 0.6 is 0 Å². The largest absolute Gasteiger partial charge is 0.385 e. The van der Waals surface area contributed by atoms with Crippen molar-refractivity contribution in [3.8, 4) is 0 Å². The zero-order chi connectivity index (χ0) is 20.7. The highest BCUT2D eigenvalue weighted by molar-refractivity contribution is 5.29. The molecule has 0 amide bonds. The Morgan fingerprint density at radius 3 is 0.680 bits per heavy atom. The van der Waals surface area contributed by atoms with Gasteiger partial charge >= 0.3 is 41.5 Å². The smallest absolute Gasteiger partial charge is 0.202 e. The summed E-state index contributed by atoms with van der Waals surface area (Å²) in [5.41, 5.74) is 0. The van der Waals surface area contributed by atoms with Gasteiger partial charge in [-0.3, -0.25) is 0 Å². The molecule has 0 radical (unpaired) electrons. The Bertz CT molecular complexity index is 545. The highest BCUT2D eigenvalue weighted by Gasteiger charge is 2.95. The summed E-state index contributed by atoms with van der Waals surface area (Å²) in [7, 11) is 0. The van der Waals surface area contributed by atoms with Gasteiger partial charge in [0.2, 0.25) is 11.7 Å². The Labute approximate surface area is 125 Å². The Kier molecular flexibility index (Phi) is 4.22. The van der Waals surface area contributed by atoms with Crippen molar-refractivity contribution in [1.82, 2.24) is 0 Å². The topological polar surface area (TPSA) is 0 Å². The normalized spacial score (nSPS) is 34.6. The number of alkyl halides is 14. The Morgan fingerprint density at radius 2 is 0.480 bits per heavy atom. The van der Waals surface area contributed by atoms with Crippen molar-refractivity contribution in [2.24, 2.45) is 0 Å². The average molecular weight is 412 g/mol. The van der Waals surface area contributed by atoms with Crippen molar-refractivity contribution in [2.45, 2.75) is 41.5 Å². The molecule has 1 aliphatic rings. The lowest BCUT2D eigenvalue weighted by molar-refractivity contribution is -0.433. The van der Waals surface area contributed by atoms with Crippen LogP contribution < -0.4 is 0 Å². The molecule has 0 saturated heterocycles. The quantitative estimate of drug-likeness (QED) is 0.455. The summed E-state index contributed by atoms with van der Waals surface area (Å²) in [4.78, 5) is 0. The lowest BCUT2D eigenvalue weighted by Crippen LogP contribution is -2.72. The zero-order valence-corrected chi connectivity index (χ0v) is 10.5. The van der Waals surface area contributed by atoms with Crippen LogP contribution in [0.4, 0.5) is 70.2 Å². The summed E-state index contributed by atoms with van der Waals surface area (Å²) in [5, 5.41) is 0. The van der Waals surface area contributed by atoms with Gasteiger partial charge < -0.3 is 0 Å². The van der Waals surface area contributed by atoms with Crippen molar-refractivity contribution in [1.29, 1.82) is 0 Å². The summed E-state index contributed by atoms with van der Waals surface area (Å²) in [6.07, 6.45) is 0. The fourth-order valence-electron chi connectivity index (χ4n) is 1.54. The highest BCUT2D eigenvalue weighted by atomic mass is 19.4. The maximum atomic E-state index is 12.9. The molecule has 0 aromatic carbocycles. The third-order valence-corrected chi connectivity index (χ3v) is 3.11. The molecule has 0 spiro atoms. The molecule has 0 saturated carbocycles. The second-order valence-electron chi connectivity index (χ2n) is 4.65. The molecule has 0 aromatic rings. The number of halogens is 16. The van der Waals surface area contributed by atoms with Crippen LogP contribution in [0.2, 0.25) is 0 Å². The van der Waals surface area contributed by atoms with E-state index in [1.807, 2.05) is 0 Å². The van der Waals surface area contributed by atoms with Crippen LogP contribution in [0.1, 0.15) is 0 Å². The molecular formula is C9F16. The van der Waals surface area contributed by atoms with Gasteiger partial charge in [-0.05, 0) is 0 Å². The van der Waals surface area contributed by atoms with Crippen LogP contribution in [-0.4, -0.2) is 41.5 Å². The van der Waals surface area contributed by atoms with E-state index in [1.54, 1.807) is 0 Å². The van der Waals surface area contributed by atoms with E-state index in [-0.39, 0.29) is 0 Å². The summed E-state index contributed by atoms with van der Waals surface area (Å²) < 4.78 is 206. The molecule has 0 aliphatic heterocycles. The first-order valence-corrected chi connectivity index (χ1v) is 5.27. The van der Waals surface area contributed by atoms with E-state index in [4.69, 9.17) is 0 Å². The third kappa shape index (κ3) is 2.04. The van der Waals surface area contributed by atoms with Crippen molar-refractivity contribution in [3.63, 3.8) is 0 Å². The van der Waals surface area contributed by atoms with Crippen LogP contribution in [0.15, 0.2) is 11.7 Å². The molecule has 1 rings (SSSR count). The molecular weight excluding hydrogens is 412 g/mol. The minimum atomic E-state index is -8.30. The number of allylic oxidation sites excluding steroid dienone is 2. The van der Waals surface area contributed by atoms with Crippen LogP contribution in [0, 0.1) is 0 Å². The van der Waals surface area contributed by atoms with Gasteiger partial charge in [0.15, 0.2) is 0 Å². The van der Waals surface area contributed by atoms with Gasteiger partial charge in [-0.15, -0.1) is 0 Å². The highest BCUT2D eigenvalue weighted by Crippen LogP contribution is 2.66. The van der Waals surface area contributed by atoms with Crippen LogP contribution in [0.25, 0.3) is 0 Å². The van der Waals surface area contributed by atoms with E-state index < -0.39 is 53.1 Å². The molecule has 0 bridgehead atoms. The molecule has 148 valence electrons. The third-order valence-electron chi connectivity index (χ3n) is 3.11. The van der Waals surface area contributed by atoms with E-state index in [0.29, 0.717) is 0 Å².